The lowest BCUT2D eigenvalue weighted by Crippen LogP contribution is -2.58. The number of amides is 3. The molecule has 0 aliphatic heterocycles. The minimum atomic E-state index is -1.13. The molecule has 0 aromatic carbocycles. The van der Waals surface area contributed by atoms with Gasteiger partial charge in [-0.2, -0.15) is 0 Å². The van der Waals surface area contributed by atoms with E-state index in [-0.39, 0.29) is 18.3 Å². The molecule has 11 heteroatoms. The molecule has 204 valence electrons. The van der Waals surface area contributed by atoms with E-state index in [1.54, 1.807) is 6.92 Å². The highest BCUT2D eigenvalue weighted by Crippen LogP contribution is 2.11. The van der Waals surface area contributed by atoms with Gasteiger partial charge in [0.15, 0.2) is 0 Å². The maximum absolute atomic E-state index is 13.2. The Bertz CT molecular complexity index is 662. The van der Waals surface area contributed by atoms with E-state index in [0.717, 1.165) is 0 Å². The average molecular weight is 501 g/mol. The zero-order valence-electron chi connectivity index (χ0n) is 21.8. The van der Waals surface area contributed by atoms with Crippen LogP contribution in [0.25, 0.3) is 0 Å². The maximum atomic E-state index is 13.2. The van der Waals surface area contributed by atoms with Crippen LogP contribution in [-0.4, -0.2) is 66.1 Å². The van der Waals surface area contributed by atoms with Crippen LogP contribution in [0.5, 0.6) is 0 Å². The number of carboxylic acids is 1. The number of hydrogen-bond acceptors (Lipinski definition) is 7. The molecule has 6 atom stereocenters. The van der Waals surface area contributed by atoms with Crippen molar-refractivity contribution in [2.24, 2.45) is 29.0 Å². The lowest BCUT2D eigenvalue weighted by molar-refractivity contribution is -0.144. The van der Waals surface area contributed by atoms with Crippen LogP contribution in [0, 0.1) is 11.8 Å². The fraction of sp³-hybridized carbons (Fsp3) is 0.833. The molecule has 0 radical (unpaired) electrons. The molecule has 3 amide bonds. The van der Waals surface area contributed by atoms with Crippen molar-refractivity contribution in [2.75, 3.05) is 13.1 Å². The van der Waals surface area contributed by atoms with Gasteiger partial charge >= 0.3 is 5.97 Å². The van der Waals surface area contributed by atoms with Crippen LogP contribution in [0.15, 0.2) is 0 Å². The molecule has 0 aliphatic carbocycles. The van der Waals surface area contributed by atoms with Crippen LogP contribution >= 0.6 is 0 Å². The Hall–Kier alpha value is -2.24. The number of rotatable bonds is 19. The molecule has 6 unspecified atom stereocenters. The predicted molar refractivity (Wildman–Crippen MR) is 136 cm³/mol. The van der Waals surface area contributed by atoms with Crippen molar-refractivity contribution in [1.29, 1.82) is 0 Å². The second-order valence-corrected chi connectivity index (χ2v) is 9.31. The topological polar surface area (TPSA) is 203 Å². The number of carboxylic acid groups (broad SMARTS) is 1. The Kier molecular flexibility index (Phi) is 16.9. The first-order valence-corrected chi connectivity index (χ1v) is 12.8. The van der Waals surface area contributed by atoms with E-state index in [4.69, 9.17) is 17.2 Å². The largest absolute Gasteiger partial charge is 0.480 e. The molecule has 0 heterocycles. The SMILES string of the molecule is CCC(C)C(N)C(=O)NC(CCCCN)C(=O)NC(CCCCN)C(=O)NC(C(=O)O)C(C)CC. The van der Waals surface area contributed by atoms with E-state index in [1.807, 2.05) is 20.8 Å². The van der Waals surface area contributed by atoms with E-state index in [9.17, 15) is 24.3 Å². The molecule has 0 aromatic heterocycles. The quantitative estimate of drug-likeness (QED) is 0.122. The van der Waals surface area contributed by atoms with Gasteiger partial charge in [0, 0.05) is 0 Å². The highest BCUT2D eigenvalue weighted by Gasteiger charge is 2.32. The van der Waals surface area contributed by atoms with Gasteiger partial charge in [0.1, 0.15) is 18.1 Å². The minimum absolute atomic E-state index is 0.0638. The molecule has 0 saturated heterocycles. The van der Waals surface area contributed by atoms with Gasteiger partial charge in [-0.15, -0.1) is 0 Å². The molecule has 0 saturated carbocycles. The second-order valence-electron chi connectivity index (χ2n) is 9.31. The number of aliphatic carboxylic acids is 1. The Morgan fingerprint density at radius 3 is 1.54 bits per heavy atom. The van der Waals surface area contributed by atoms with Crippen LogP contribution in [-0.2, 0) is 19.2 Å². The third-order valence-corrected chi connectivity index (χ3v) is 6.50. The van der Waals surface area contributed by atoms with Crippen LogP contribution in [0.1, 0.15) is 79.1 Å². The number of carbonyl (C=O) groups excluding carboxylic acids is 3. The summed E-state index contributed by atoms with van der Waals surface area (Å²) in [4.78, 5) is 50.5. The van der Waals surface area contributed by atoms with Gasteiger partial charge in [0.25, 0.3) is 0 Å². The average Bonchev–Trinajstić information content (AvgIpc) is 2.84. The smallest absolute Gasteiger partial charge is 0.326 e. The molecule has 35 heavy (non-hydrogen) atoms. The van der Waals surface area contributed by atoms with Gasteiger partial charge < -0.3 is 38.3 Å². The van der Waals surface area contributed by atoms with E-state index < -0.39 is 47.9 Å². The van der Waals surface area contributed by atoms with Gasteiger partial charge in [-0.3, -0.25) is 14.4 Å². The molecule has 0 aliphatic rings. The third kappa shape index (κ3) is 12.3. The third-order valence-electron chi connectivity index (χ3n) is 6.50. The van der Waals surface area contributed by atoms with Gasteiger partial charge in [0.05, 0.1) is 6.04 Å². The molecule has 0 bridgehead atoms. The van der Waals surface area contributed by atoms with Crippen molar-refractivity contribution in [3.63, 3.8) is 0 Å². The summed E-state index contributed by atoms with van der Waals surface area (Å²) in [5.74, 6) is -3.01. The summed E-state index contributed by atoms with van der Waals surface area (Å²) in [5.41, 5.74) is 17.2. The Balaban J connectivity index is 5.59. The first-order chi connectivity index (χ1) is 16.5. The predicted octanol–water partition coefficient (Wildman–Crippen LogP) is 0.203. The summed E-state index contributed by atoms with van der Waals surface area (Å²) in [6, 6.07) is -3.69. The van der Waals surface area contributed by atoms with E-state index in [0.29, 0.717) is 58.0 Å². The van der Waals surface area contributed by atoms with Crippen molar-refractivity contribution in [3.8, 4) is 0 Å². The Morgan fingerprint density at radius 1 is 0.714 bits per heavy atom. The number of carbonyl (C=O) groups is 4. The van der Waals surface area contributed by atoms with Crippen LogP contribution < -0.4 is 33.2 Å². The van der Waals surface area contributed by atoms with Crippen LogP contribution in [0.2, 0.25) is 0 Å². The van der Waals surface area contributed by atoms with Crippen molar-refractivity contribution in [1.82, 2.24) is 16.0 Å². The lowest BCUT2D eigenvalue weighted by atomic mass is 9.98. The molecule has 0 fully saturated rings. The lowest BCUT2D eigenvalue weighted by Gasteiger charge is -2.27. The molecule has 11 nitrogen and oxygen atoms in total. The van der Waals surface area contributed by atoms with Crippen LogP contribution in [0.3, 0.4) is 0 Å². The first-order valence-electron chi connectivity index (χ1n) is 12.8. The summed E-state index contributed by atoms with van der Waals surface area (Å²) < 4.78 is 0. The van der Waals surface area contributed by atoms with E-state index >= 15 is 0 Å². The summed E-state index contributed by atoms with van der Waals surface area (Å²) >= 11 is 0. The molecular weight excluding hydrogens is 452 g/mol. The molecule has 10 N–H and O–H groups in total. The summed E-state index contributed by atoms with van der Waals surface area (Å²) in [6.07, 6.45) is 4.39. The zero-order chi connectivity index (χ0) is 27.0. The summed E-state index contributed by atoms with van der Waals surface area (Å²) in [5, 5.41) is 17.5. The number of unbranched alkanes of at least 4 members (excludes halogenated alkanes) is 2. The van der Waals surface area contributed by atoms with Gasteiger partial charge in [-0.1, -0.05) is 40.5 Å². The fourth-order valence-electron chi connectivity index (χ4n) is 3.51. The number of nitrogens with one attached hydrogen (secondary N) is 3. The molecule has 0 rings (SSSR count). The van der Waals surface area contributed by atoms with Crippen molar-refractivity contribution in [2.45, 2.75) is 103 Å². The highest BCUT2D eigenvalue weighted by atomic mass is 16.4. The summed E-state index contributed by atoms with van der Waals surface area (Å²) in [6.45, 7) is 8.25. The Labute approximate surface area is 209 Å². The second kappa shape index (κ2) is 18.1. The molecule has 0 aromatic rings. The first kappa shape index (κ1) is 32.8. The molecule has 0 spiro atoms. The minimum Gasteiger partial charge on any atom is -0.480 e. The number of nitrogens with two attached hydrogens (primary N) is 3. The summed E-state index contributed by atoms with van der Waals surface area (Å²) in [7, 11) is 0. The van der Waals surface area contributed by atoms with Crippen molar-refractivity contribution in [3.05, 3.63) is 0 Å². The van der Waals surface area contributed by atoms with Gasteiger partial charge in [-0.05, 0) is 63.5 Å². The monoisotopic (exact) mass is 500 g/mol. The van der Waals surface area contributed by atoms with Crippen LogP contribution in [0.4, 0.5) is 0 Å². The van der Waals surface area contributed by atoms with E-state index in [2.05, 4.69) is 16.0 Å². The van der Waals surface area contributed by atoms with Crippen molar-refractivity contribution >= 4 is 23.7 Å². The van der Waals surface area contributed by atoms with E-state index in [1.165, 1.54) is 0 Å². The van der Waals surface area contributed by atoms with Crippen molar-refractivity contribution < 1.29 is 24.3 Å². The molecular formula is C24H48N6O5. The standard InChI is InChI=1S/C24H48N6O5/c1-5-15(3)19(27)23(33)29-17(11-7-9-13-25)21(31)28-18(12-8-10-14-26)22(32)30-20(24(34)35)16(4)6-2/h15-20H,5-14,25-27H2,1-4H3,(H,28,31)(H,29,33)(H,30,32)(H,34,35). The number of hydrogen-bond donors (Lipinski definition) is 7. The normalized spacial score (nSPS) is 16.3. The van der Waals surface area contributed by atoms with Gasteiger partial charge in [-0.25, -0.2) is 4.79 Å². The van der Waals surface area contributed by atoms with Gasteiger partial charge in [0.2, 0.25) is 17.7 Å². The highest BCUT2D eigenvalue weighted by molar-refractivity contribution is 5.94. The zero-order valence-corrected chi connectivity index (χ0v) is 21.8. The maximum Gasteiger partial charge on any atom is 0.326 e. The fourth-order valence-corrected chi connectivity index (χ4v) is 3.51. The Morgan fingerprint density at radius 2 is 1.14 bits per heavy atom.